The van der Waals surface area contributed by atoms with E-state index in [0.29, 0.717) is 16.1 Å². The minimum absolute atomic E-state index is 0.0252. The average Bonchev–Trinajstić information content (AvgIpc) is 2.59. The smallest absolute Gasteiger partial charge is 0.265 e. The molecule has 0 aliphatic rings. The first-order valence-electron chi connectivity index (χ1n) is 3.86. The van der Waals surface area contributed by atoms with Crippen LogP contribution < -0.4 is 0 Å². The number of hydrogen-bond acceptors (Lipinski definition) is 3. The summed E-state index contributed by atoms with van der Waals surface area (Å²) in [6, 6.07) is 4.97. The van der Waals surface area contributed by atoms with Crippen LogP contribution in [0.25, 0.3) is 11.1 Å². The lowest BCUT2D eigenvalue weighted by Crippen LogP contribution is -1.99. The lowest BCUT2D eigenvalue weighted by molar-refractivity contribution is 0.0986. The zero-order valence-corrected chi connectivity index (χ0v) is 8.47. The number of oxazole rings is 1. The van der Waals surface area contributed by atoms with Gasteiger partial charge in [-0.2, -0.15) is 0 Å². The van der Waals surface area contributed by atoms with E-state index in [1.807, 2.05) is 0 Å². The Bertz CT molecular complexity index is 493. The van der Waals surface area contributed by atoms with Crippen molar-refractivity contribution in [1.29, 1.82) is 0 Å². The van der Waals surface area contributed by atoms with E-state index in [-0.39, 0.29) is 17.6 Å². The van der Waals surface area contributed by atoms with E-state index in [1.54, 1.807) is 18.2 Å². The van der Waals surface area contributed by atoms with Gasteiger partial charge in [-0.15, -0.1) is 11.6 Å². The minimum atomic E-state index is -0.334. The number of carbonyl (C=O) groups is 1. The highest BCUT2D eigenvalue weighted by molar-refractivity contribution is 6.31. The Hall–Kier alpha value is -1.06. The normalized spacial score (nSPS) is 10.7. The molecule has 2 aromatic rings. The van der Waals surface area contributed by atoms with Gasteiger partial charge in [0.05, 0.1) is 5.88 Å². The number of aromatic nitrogens is 1. The van der Waals surface area contributed by atoms with Crippen molar-refractivity contribution >= 4 is 40.1 Å². The van der Waals surface area contributed by atoms with Crippen LogP contribution in [0.15, 0.2) is 22.6 Å². The van der Waals surface area contributed by atoms with Crippen LogP contribution in [-0.2, 0) is 0 Å². The molecule has 1 heterocycles. The van der Waals surface area contributed by atoms with Crippen molar-refractivity contribution in [2.75, 3.05) is 5.88 Å². The van der Waals surface area contributed by atoms with Crippen molar-refractivity contribution in [3.05, 3.63) is 29.1 Å². The molecule has 0 N–H and O–H groups in total. The van der Waals surface area contributed by atoms with Crippen LogP contribution >= 0.6 is 23.2 Å². The lowest BCUT2D eigenvalue weighted by Gasteiger charge is -1.86. The van der Waals surface area contributed by atoms with Crippen molar-refractivity contribution in [2.24, 2.45) is 0 Å². The van der Waals surface area contributed by atoms with Gasteiger partial charge in [-0.3, -0.25) is 4.79 Å². The molecule has 2 rings (SSSR count). The lowest BCUT2D eigenvalue weighted by atomic mass is 10.3. The summed E-state index contributed by atoms with van der Waals surface area (Å²) >= 11 is 11.1. The molecular formula is C9H5Cl2NO2. The highest BCUT2D eigenvalue weighted by Crippen LogP contribution is 2.20. The van der Waals surface area contributed by atoms with Gasteiger partial charge >= 0.3 is 0 Å². The van der Waals surface area contributed by atoms with Gasteiger partial charge in [0.1, 0.15) is 5.52 Å². The summed E-state index contributed by atoms with van der Waals surface area (Å²) in [7, 11) is 0. The van der Waals surface area contributed by atoms with Crippen LogP contribution in [0.3, 0.4) is 0 Å². The molecule has 0 saturated carbocycles. The summed E-state index contributed by atoms with van der Waals surface area (Å²) in [5, 5.41) is 0.540. The number of rotatable bonds is 2. The second-order valence-electron chi connectivity index (χ2n) is 2.69. The Morgan fingerprint density at radius 1 is 1.50 bits per heavy atom. The number of nitrogens with zero attached hydrogens (tertiary/aromatic N) is 1. The second kappa shape index (κ2) is 3.59. The molecule has 72 valence electrons. The fraction of sp³-hybridized carbons (Fsp3) is 0.111. The van der Waals surface area contributed by atoms with Gasteiger partial charge < -0.3 is 4.42 Å². The number of carbonyl (C=O) groups excluding carboxylic acids is 1. The van der Waals surface area contributed by atoms with Gasteiger partial charge in [-0.05, 0) is 12.1 Å². The van der Waals surface area contributed by atoms with Gasteiger partial charge in [-0.25, -0.2) is 4.98 Å². The van der Waals surface area contributed by atoms with Crippen molar-refractivity contribution in [3.63, 3.8) is 0 Å². The number of fused-ring (bicyclic) bond motifs is 1. The number of alkyl halides is 1. The topological polar surface area (TPSA) is 43.1 Å². The van der Waals surface area contributed by atoms with E-state index < -0.39 is 0 Å². The van der Waals surface area contributed by atoms with Crippen molar-refractivity contribution < 1.29 is 9.21 Å². The van der Waals surface area contributed by atoms with Gasteiger partial charge in [-0.1, -0.05) is 11.6 Å². The molecule has 0 saturated heterocycles. The van der Waals surface area contributed by atoms with Crippen LogP contribution in [0.1, 0.15) is 10.7 Å². The first kappa shape index (κ1) is 9.49. The Kier molecular flexibility index (Phi) is 2.44. The Morgan fingerprint density at radius 3 is 3.00 bits per heavy atom. The largest absolute Gasteiger partial charge is 0.434 e. The van der Waals surface area contributed by atoms with E-state index in [1.165, 1.54) is 0 Å². The summed E-state index contributed by atoms with van der Waals surface area (Å²) in [5.74, 6) is -0.447. The third-order valence-electron chi connectivity index (χ3n) is 1.71. The highest BCUT2D eigenvalue weighted by atomic mass is 35.5. The van der Waals surface area contributed by atoms with Crippen molar-refractivity contribution in [3.8, 4) is 0 Å². The third kappa shape index (κ3) is 1.61. The fourth-order valence-corrected chi connectivity index (χ4v) is 1.35. The van der Waals surface area contributed by atoms with E-state index in [4.69, 9.17) is 27.6 Å². The molecule has 14 heavy (non-hydrogen) atoms. The molecule has 1 aromatic heterocycles. The van der Waals surface area contributed by atoms with Crippen molar-refractivity contribution in [1.82, 2.24) is 4.98 Å². The first-order chi connectivity index (χ1) is 6.70. The maximum Gasteiger partial charge on any atom is 0.265 e. The fourth-order valence-electron chi connectivity index (χ4n) is 1.07. The number of hydrogen-bond donors (Lipinski definition) is 0. The van der Waals surface area contributed by atoms with Gasteiger partial charge in [0, 0.05) is 11.1 Å². The molecule has 0 aliphatic heterocycles. The van der Waals surface area contributed by atoms with Gasteiger partial charge in [0.15, 0.2) is 5.58 Å². The zero-order chi connectivity index (χ0) is 10.1. The molecular weight excluding hydrogens is 225 g/mol. The molecule has 0 radical (unpaired) electrons. The molecule has 0 amide bonds. The van der Waals surface area contributed by atoms with E-state index in [2.05, 4.69) is 4.98 Å². The predicted octanol–water partition coefficient (Wildman–Crippen LogP) is 2.90. The average molecular weight is 230 g/mol. The quantitative estimate of drug-likeness (QED) is 0.588. The summed E-state index contributed by atoms with van der Waals surface area (Å²) in [6.45, 7) is 0. The number of halogens is 2. The number of ketones is 1. The van der Waals surface area contributed by atoms with Gasteiger partial charge in [0.2, 0.25) is 5.78 Å². The molecule has 0 spiro atoms. The predicted molar refractivity (Wildman–Crippen MR) is 54.1 cm³/mol. The van der Waals surface area contributed by atoms with Crippen molar-refractivity contribution in [2.45, 2.75) is 0 Å². The minimum Gasteiger partial charge on any atom is -0.434 e. The molecule has 0 unspecified atom stereocenters. The third-order valence-corrected chi connectivity index (χ3v) is 2.19. The second-order valence-corrected chi connectivity index (χ2v) is 3.39. The Labute approximate surface area is 89.6 Å². The maximum absolute atomic E-state index is 11.1. The first-order valence-corrected chi connectivity index (χ1v) is 4.77. The Balaban J connectivity index is 2.56. The van der Waals surface area contributed by atoms with Crippen LogP contribution in [-0.4, -0.2) is 16.6 Å². The van der Waals surface area contributed by atoms with Crippen LogP contribution in [0.4, 0.5) is 0 Å². The van der Waals surface area contributed by atoms with E-state index >= 15 is 0 Å². The SMILES string of the molecule is O=C(CCl)c1nc2ccc(Cl)cc2o1. The number of Topliss-reactive ketones (excluding diaryl/α,β-unsaturated/α-hetero) is 1. The highest BCUT2D eigenvalue weighted by Gasteiger charge is 2.12. The molecule has 0 atom stereocenters. The molecule has 0 aliphatic carbocycles. The summed E-state index contributed by atoms with van der Waals surface area (Å²) in [6.07, 6.45) is 0. The van der Waals surface area contributed by atoms with E-state index in [0.717, 1.165) is 0 Å². The molecule has 5 heteroatoms. The molecule has 3 nitrogen and oxygen atoms in total. The molecule has 0 fully saturated rings. The van der Waals surface area contributed by atoms with E-state index in [9.17, 15) is 4.79 Å². The standard InChI is InChI=1S/C9H5Cl2NO2/c10-4-7(13)9-12-6-2-1-5(11)3-8(6)14-9/h1-3H,4H2. The van der Waals surface area contributed by atoms with Crippen LogP contribution in [0.5, 0.6) is 0 Å². The molecule has 1 aromatic carbocycles. The number of benzene rings is 1. The summed E-state index contributed by atoms with van der Waals surface area (Å²) in [5.41, 5.74) is 1.09. The monoisotopic (exact) mass is 229 g/mol. The zero-order valence-electron chi connectivity index (χ0n) is 6.96. The Morgan fingerprint density at radius 2 is 2.29 bits per heavy atom. The summed E-state index contributed by atoms with van der Waals surface area (Å²) in [4.78, 5) is 15.1. The van der Waals surface area contributed by atoms with Crippen LogP contribution in [0.2, 0.25) is 5.02 Å². The maximum atomic E-state index is 11.1. The molecule has 0 bridgehead atoms. The van der Waals surface area contributed by atoms with Gasteiger partial charge in [0.25, 0.3) is 5.89 Å². The summed E-state index contributed by atoms with van der Waals surface area (Å²) < 4.78 is 5.17. The van der Waals surface area contributed by atoms with Crippen LogP contribution in [0, 0.1) is 0 Å².